The third-order valence-corrected chi connectivity index (χ3v) is 2.92. The van der Waals surface area contributed by atoms with E-state index in [9.17, 15) is 9.59 Å². The normalized spacial score (nSPS) is 10.4. The van der Waals surface area contributed by atoms with E-state index in [4.69, 9.17) is 4.74 Å². The number of benzene rings is 1. The van der Waals surface area contributed by atoms with Gasteiger partial charge in [0.15, 0.2) is 0 Å². The second-order valence-electron chi connectivity index (χ2n) is 4.73. The first kappa shape index (κ1) is 16.2. The fourth-order valence-electron chi connectivity index (χ4n) is 1.77. The number of hydrogen-bond donors (Lipinski definition) is 0. The predicted octanol–water partition coefficient (Wildman–Crippen LogP) is 1.86. The van der Waals surface area contributed by atoms with Crippen molar-refractivity contribution in [3.05, 3.63) is 35.4 Å². The molecule has 5 nitrogen and oxygen atoms in total. The second kappa shape index (κ2) is 7.65. The maximum atomic E-state index is 12.4. The summed E-state index contributed by atoms with van der Waals surface area (Å²) in [6, 6.07) is 7.08. The summed E-state index contributed by atoms with van der Waals surface area (Å²) in [5, 5.41) is 0. The van der Waals surface area contributed by atoms with Crippen molar-refractivity contribution in [1.82, 2.24) is 4.90 Å². The Morgan fingerprint density at radius 2 is 1.75 bits per heavy atom. The van der Waals surface area contributed by atoms with E-state index in [-0.39, 0.29) is 18.5 Å². The van der Waals surface area contributed by atoms with Gasteiger partial charge in [0, 0.05) is 18.7 Å². The molecule has 110 valence electrons. The maximum Gasteiger partial charge on any atom is 0.325 e. The zero-order chi connectivity index (χ0) is 15.1. The van der Waals surface area contributed by atoms with Crippen molar-refractivity contribution in [2.45, 2.75) is 26.5 Å². The van der Waals surface area contributed by atoms with Crippen molar-refractivity contribution in [2.75, 3.05) is 20.8 Å². The Kier molecular flexibility index (Phi) is 6.18. The largest absolute Gasteiger partial charge is 0.468 e. The standard InChI is InChI=1S/C15H21NO4/c1-11(2)16(9-14(17)20-4)15(18)13-7-5-12(6-8-13)10-19-3/h5-8,11H,9-10H2,1-4H3. The summed E-state index contributed by atoms with van der Waals surface area (Å²) in [5.74, 6) is -0.614. The van der Waals surface area contributed by atoms with Gasteiger partial charge in [0.25, 0.3) is 5.91 Å². The van der Waals surface area contributed by atoms with Crippen LogP contribution < -0.4 is 0 Å². The van der Waals surface area contributed by atoms with Crippen molar-refractivity contribution in [3.63, 3.8) is 0 Å². The molecule has 0 heterocycles. The van der Waals surface area contributed by atoms with E-state index < -0.39 is 5.97 Å². The second-order valence-corrected chi connectivity index (χ2v) is 4.73. The molecule has 0 fully saturated rings. The van der Waals surface area contributed by atoms with E-state index >= 15 is 0 Å². The Morgan fingerprint density at radius 1 is 1.15 bits per heavy atom. The van der Waals surface area contributed by atoms with E-state index in [1.165, 1.54) is 12.0 Å². The Balaban J connectivity index is 2.86. The summed E-state index contributed by atoms with van der Waals surface area (Å²) in [7, 11) is 2.93. The molecular formula is C15H21NO4. The van der Waals surface area contributed by atoms with E-state index in [1.807, 2.05) is 26.0 Å². The van der Waals surface area contributed by atoms with Gasteiger partial charge in [0.2, 0.25) is 0 Å². The Labute approximate surface area is 119 Å². The highest BCUT2D eigenvalue weighted by Crippen LogP contribution is 2.11. The van der Waals surface area contributed by atoms with Crippen molar-refractivity contribution >= 4 is 11.9 Å². The fourth-order valence-corrected chi connectivity index (χ4v) is 1.77. The molecule has 1 aromatic carbocycles. The van der Waals surface area contributed by atoms with Gasteiger partial charge in [-0.2, -0.15) is 0 Å². The number of ether oxygens (including phenoxy) is 2. The highest BCUT2D eigenvalue weighted by Gasteiger charge is 2.21. The minimum atomic E-state index is -0.428. The lowest BCUT2D eigenvalue weighted by Gasteiger charge is -2.25. The molecule has 0 N–H and O–H groups in total. The summed E-state index contributed by atoms with van der Waals surface area (Å²) >= 11 is 0. The van der Waals surface area contributed by atoms with Crippen molar-refractivity contribution in [1.29, 1.82) is 0 Å². The molecule has 0 aliphatic carbocycles. The molecular weight excluding hydrogens is 258 g/mol. The number of rotatable bonds is 6. The van der Waals surface area contributed by atoms with E-state index in [0.29, 0.717) is 12.2 Å². The SMILES string of the molecule is COCc1ccc(C(=O)N(CC(=O)OC)C(C)C)cc1. The quantitative estimate of drug-likeness (QED) is 0.746. The summed E-state index contributed by atoms with van der Waals surface area (Å²) in [6.07, 6.45) is 0. The molecule has 0 saturated carbocycles. The lowest BCUT2D eigenvalue weighted by atomic mass is 10.1. The van der Waals surface area contributed by atoms with Gasteiger partial charge in [-0.3, -0.25) is 9.59 Å². The molecule has 1 aromatic rings. The van der Waals surface area contributed by atoms with Crippen LogP contribution >= 0.6 is 0 Å². The lowest BCUT2D eigenvalue weighted by Crippen LogP contribution is -2.41. The molecule has 0 aliphatic rings. The average molecular weight is 279 g/mol. The minimum absolute atomic E-state index is 0.0488. The Morgan fingerprint density at radius 3 is 2.20 bits per heavy atom. The summed E-state index contributed by atoms with van der Waals surface area (Å²) in [4.78, 5) is 25.2. The van der Waals surface area contributed by atoms with Crippen LogP contribution in [0.25, 0.3) is 0 Å². The molecule has 0 aliphatic heterocycles. The topological polar surface area (TPSA) is 55.8 Å². The van der Waals surface area contributed by atoms with Crippen LogP contribution in [0, 0.1) is 0 Å². The highest BCUT2D eigenvalue weighted by atomic mass is 16.5. The molecule has 5 heteroatoms. The molecule has 0 bridgehead atoms. The van der Waals surface area contributed by atoms with Gasteiger partial charge in [-0.15, -0.1) is 0 Å². The number of hydrogen-bond acceptors (Lipinski definition) is 4. The van der Waals surface area contributed by atoms with Crippen LogP contribution in [0.2, 0.25) is 0 Å². The molecule has 1 amide bonds. The first-order chi connectivity index (χ1) is 9.49. The van der Waals surface area contributed by atoms with E-state index in [2.05, 4.69) is 4.74 Å². The summed E-state index contributed by atoms with van der Waals surface area (Å²) < 4.78 is 9.64. The van der Waals surface area contributed by atoms with Gasteiger partial charge >= 0.3 is 5.97 Å². The number of nitrogens with zero attached hydrogens (tertiary/aromatic N) is 1. The van der Waals surface area contributed by atoms with Crippen LogP contribution in [0.4, 0.5) is 0 Å². The van der Waals surface area contributed by atoms with Crippen molar-refractivity contribution < 1.29 is 19.1 Å². The summed E-state index contributed by atoms with van der Waals surface area (Å²) in [5.41, 5.74) is 1.54. The number of carbonyl (C=O) groups excluding carboxylic acids is 2. The van der Waals surface area contributed by atoms with Gasteiger partial charge in [-0.1, -0.05) is 12.1 Å². The lowest BCUT2D eigenvalue weighted by molar-refractivity contribution is -0.141. The third-order valence-electron chi connectivity index (χ3n) is 2.92. The van der Waals surface area contributed by atoms with E-state index in [1.54, 1.807) is 19.2 Å². The van der Waals surface area contributed by atoms with Crippen LogP contribution in [0.15, 0.2) is 24.3 Å². The van der Waals surface area contributed by atoms with Gasteiger partial charge in [0.05, 0.1) is 13.7 Å². The number of amides is 1. The van der Waals surface area contributed by atoms with Crippen LogP contribution in [0.1, 0.15) is 29.8 Å². The molecule has 20 heavy (non-hydrogen) atoms. The predicted molar refractivity (Wildman–Crippen MR) is 75.3 cm³/mol. The summed E-state index contributed by atoms with van der Waals surface area (Å²) in [6.45, 7) is 4.18. The Bertz CT molecular complexity index is 453. The average Bonchev–Trinajstić information content (AvgIpc) is 2.44. The van der Waals surface area contributed by atoms with Gasteiger partial charge in [-0.25, -0.2) is 0 Å². The zero-order valence-corrected chi connectivity index (χ0v) is 12.4. The molecule has 0 aromatic heterocycles. The number of esters is 1. The fraction of sp³-hybridized carbons (Fsp3) is 0.467. The minimum Gasteiger partial charge on any atom is -0.468 e. The van der Waals surface area contributed by atoms with Crippen LogP contribution in [-0.4, -0.2) is 43.6 Å². The van der Waals surface area contributed by atoms with E-state index in [0.717, 1.165) is 5.56 Å². The molecule has 0 atom stereocenters. The van der Waals surface area contributed by atoms with Gasteiger partial charge in [-0.05, 0) is 31.5 Å². The van der Waals surface area contributed by atoms with Crippen LogP contribution in [-0.2, 0) is 20.9 Å². The van der Waals surface area contributed by atoms with Crippen molar-refractivity contribution in [3.8, 4) is 0 Å². The van der Waals surface area contributed by atoms with Gasteiger partial charge in [0.1, 0.15) is 6.54 Å². The Hall–Kier alpha value is -1.88. The van der Waals surface area contributed by atoms with Crippen molar-refractivity contribution in [2.24, 2.45) is 0 Å². The number of carbonyl (C=O) groups is 2. The highest BCUT2D eigenvalue weighted by molar-refractivity contribution is 5.96. The maximum absolute atomic E-state index is 12.4. The van der Waals surface area contributed by atoms with Gasteiger partial charge < -0.3 is 14.4 Å². The molecule has 0 spiro atoms. The first-order valence-electron chi connectivity index (χ1n) is 6.45. The zero-order valence-electron chi connectivity index (χ0n) is 12.4. The molecule has 1 rings (SSSR count). The molecule has 0 unspecified atom stereocenters. The molecule has 0 radical (unpaired) electrons. The monoisotopic (exact) mass is 279 g/mol. The smallest absolute Gasteiger partial charge is 0.325 e. The molecule has 0 saturated heterocycles. The van der Waals surface area contributed by atoms with Crippen LogP contribution in [0.3, 0.4) is 0 Å². The first-order valence-corrected chi connectivity index (χ1v) is 6.45. The third kappa shape index (κ3) is 4.35. The van der Waals surface area contributed by atoms with Crippen LogP contribution in [0.5, 0.6) is 0 Å². The number of methoxy groups -OCH3 is 2.